The standard InChI is InChI=1S/C27H41F3/c1-2-3-4-5-6-7-21-8-12-23(13-9-21)25-16-18-26(19-17-25)24-14-10-22(11-15-24)20-27(28,29)30/h10-11,14-15,21,23,25-26H,2-9,12-13,16-20H2,1H3. The third-order valence-electron chi connectivity index (χ3n) is 7.90. The number of rotatable bonds is 9. The highest BCUT2D eigenvalue weighted by molar-refractivity contribution is 5.26. The van der Waals surface area contributed by atoms with Gasteiger partial charge < -0.3 is 0 Å². The predicted octanol–water partition coefficient (Wildman–Crippen LogP) is 9.23. The van der Waals surface area contributed by atoms with Crippen molar-refractivity contribution in [3.63, 3.8) is 0 Å². The Labute approximate surface area is 182 Å². The van der Waals surface area contributed by atoms with Gasteiger partial charge in [-0.25, -0.2) is 0 Å². The number of benzene rings is 1. The maximum atomic E-state index is 12.5. The van der Waals surface area contributed by atoms with Crippen LogP contribution in [0, 0.1) is 17.8 Å². The van der Waals surface area contributed by atoms with Crippen molar-refractivity contribution in [3.8, 4) is 0 Å². The van der Waals surface area contributed by atoms with Crippen LogP contribution < -0.4 is 0 Å². The van der Waals surface area contributed by atoms with Gasteiger partial charge in [0.15, 0.2) is 0 Å². The summed E-state index contributed by atoms with van der Waals surface area (Å²) in [5.41, 5.74) is 1.62. The molecule has 0 saturated heterocycles. The van der Waals surface area contributed by atoms with Crippen LogP contribution in [0.4, 0.5) is 13.2 Å². The molecule has 1 aromatic rings. The normalized spacial score (nSPS) is 27.9. The fraction of sp³-hybridized carbons (Fsp3) is 0.778. The van der Waals surface area contributed by atoms with Crippen molar-refractivity contribution >= 4 is 0 Å². The van der Waals surface area contributed by atoms with Crippen LogP contribution in [0.3, 0.4) is 0 Å². The van der Waals surface area contributed by atoms with Gasteiger partial charge in [0, 0.05) is 0 Å². The minimum absolute atomic E-state index is 0.377. The minimum atomic E-state index is -4.12. The smallest absolute Gasteiger partial charge is 0.171 e. The van der Waals surface area contributed by atoms with E-state index < -0.39 is 12.6 Å². The SMILES string of the molecule is CCCCCCCC1CCC(C2CCC(c3ccc(CC(F)(F)F)cc3)CC2)CC1. The fourth-order valence-electron chi connectivity index (χ4n) is 6.05. The molecule has 0 unspecified atom stereocenters. The van der Waals surface area contributed by atoms with Crippen molar-refractivity contribution in [2.75, 3.05) is 0 Å². The van der Waals surface area contributed by atoms with Crippen LogP contribution in [0.25, 0.3) is 0 Å². The van der Waals surface area contributed by atoms with E-state index in [0.29, 0.717) is 11.5 Å². The van der Waals surface area contributed by atoms with Crippen LogP contribution in [-0.2, 0) is 6.42 Å². The predicted molar refractivity (Wildman–Crippen MR) is 120 cm³/mol. The molecule has 0 nitrogen and oxygen atoms in total. The molecule has 0 aliphatic heterocycles. The lowest BCUT2D eigenvalue weighted by atomic mass is 9.68. The summed E-state index contributed by atoms with van der Waals surface area (Å²) in [5, 5.41) is 0. The molecule has 0 N–H and O–H groups in total. The molecule has 2 saturated carbocycles. The van der Waals surface area contributed by atoms with Crippen LogP contribution in [-0.4, -0.2) is 6.18 Å². The topological polar surface area (TPSA) is 0 Å². The molecular weight excluding hydrogens is 381 g/mol. The van der Waals surface area contributed by atoms with Gasteiger partial charge in [-0.15, -0.1) is 0 Å². The van der Waals surface area contributed by atoms with Crippen LogP contribution in [0.5, 0.6) is 0 Å². The maximum Gasteiger partial charge on any atom is 0.393 e. The van der Waals surface area contributed by atoms with Crippen molar-refractivity contribution in [2.45, 2.75) is 115 Å². The quantitative estimate of drug-likeness (QED) is 0.348. The van der Waals surface area contributed by atoms with E-state index in [1.54, 1.807) is 12.1 Å². The number of halogens is 3. The number of unbranched alkanes of at least 4 members (excludes halogenated alkanes) is 4. The summed E-state index contributed by atoms with van der Waals surface area (Å²) in [4.78, 5) is 0. The molecule has 0 amide bonds. The summed E-state index contributed by atoms with van der Waals surface area (Å²) in [6, 6.07) is 7.24. The third-order valence-corrected chi connectivity index (χ3v) is 7.90. The molecule has 2 aliphatic rings. The van der Waals surface area contributed by atoms with Gasteiger partial charge in [0.25, 0.3) is 0 Å². The largest absolute Gasteiger partial charge is 0.393 e. The van der Waals surface area contributed by atoms with Crippen molar-refractivity contribution in [1.29, 1.82) is 0 Å². The Morgan fingerprint density at radius 2 is 1.30 bits per heavy atom. The average Bonchev–Trinajstić information content (AvgIpc) is 2.74. The van der Waals surface area contributed by atoms with E-state index in [2.05, 4.69) is 6.92 Å². The van der Waals surface area contributed by atoms with Gasteiger partial charge in [-0.05, 0) is 73.3 Å². The lowest BCUT2D eigenvalue weighted by Gasteiger charge is -2.38. The summed E-state index contributed by atoms with van der Waals surface area (Å²) in [6.07, 6.45) is 14.3. The molecule has 2 fully saturated rings. The summed E-state index contributed by atoms with van der Waals surface area (Å²) in [5.74, 6) is 3.34. The van der Waals surface area contributed by atoms with Crippen molar-refractivity contribution in [3.05, 3.63) is 35.4 Å². The van der Waals surface area contributed by atoms with Crippen molar-refractivity contribution in [1.82, 2.24) is 0 Å². The first-order valence-electron chi connectivity index (χ1n) is 12.6. The fourth-order valence-corrected chi connectivity index (χ4v) is 6.05. The lowest BCUT2D eigenvalue weighted by Crippen LogP contribution is -2.25. The maximum absolute atomic E-state index is 12.5. The summed E-state index contributed by atoms with van der Waals surface area (Å²) < 4.78 is 37.6. The Hall–Kier alpha value is -0.990. The molecule has 0 aromatic heterocycles. The molecule has 3 rings (SSSR count). The van der Waals surface area contributed by atoms with E-state index in [0.717, 1.165) is 17.8 Å². The second-order valence-corrected chi connectivity index (χ2v) is 10.1. The summed E-state index contributed by atoms with van der Waals surface area (Å²) in [7, 11) is 0. The Kier molecular flexibility index (Phi) is 9.13. The van der Waals surface area contributed by atoms with Gasteiger partial charge >= 0.3 is 6.18 Å². The first-order chi connectivity index (χ1) is 14.4. The Morgan fingerprint density at radius 3 is 1.87 bits per heavy atom. The third kappa shape index (κ3) is 7.61. The second-order valence-electron chi connectivity index (χ2n) is 10.1. The first-order valence-corrected chi connectivity index (χ1v) is 12.6. The first kappa shape index (κ1) is 23.7. The molecule has 2 aliphatic carbocycles. The minimum Gasteiger partial charge on any atom is -0.171 e. The number of alkyl halides is 3. The lowest BCUT2D eigenvalue weighted by molar-refractivity contribution is -0.127. The molecule has 0 heterocycles. The number of hydrogen-bond donors (Lipinski definition) is 0. The van der Waals surface area contributed by atoms with Gasteiger partial charge in [0.2, 0.25) is 0 Å². The molecule has 1 aromatic carbocycles. The molecule has 30 heavy (non-hydrogen) atoms. The zero-order valence-corrected chi connectivity index (χ0v) is 18.9. The second kappa shape index (κ2) is 11.6. The van der Waals surface area contributed by atoms with Crippen molar-refractivity contribution in [2.24, 2.45) is 17.8 Å². The summed E-state index contributed by atoms with van der Waals surface area (Å²) >= 11 is 0. The Morgan fingerprint density at radius 1 is 0.733 bits per heavy atom. The van der Waals surface area contributed by atoms with Crippen molar-refractivity contribution < 1.29 is 13.2 Å². The highest BCUT2D eigenvalue weighted by atomic mass is 19.4. The number of hydrogen-bond acceptors (Lipinski definition) is 0. The van der Waals surface area contributed by atoms with E-state index in [-0.39, 0.29) is 0 Å². The molecule has 0 radical (unpaired) electrons. The molecule has 0 spiro atoms. The zero-order chi connectivity index (χ0) is 21.4. The van der Waals surface area contributed by atoms with Crippen LogP contribution in [0.15, 0.2) is 24.3 Å². The molecule has 0 atom stereocenters. The van der Waals surface area contributed by atoms with Crippen LogP contribution in [0.1, 0.15) is 114 Å². The van der Waals surface area contributed by atoms with Gasteiger partial charge in [-0.1, -0.05) is 82.6 Å². The highest BCUT2D eigenvalue weighted by Crippen LogP contribution is 2.44. The molecule has 3 heteroatoms. The average molecular weight is 423 g/mol. The van der Waals surface area contributed by atoms with Gasteiger partial charge in [0.1, 0.15) is 0 Å². The van der Waals surface area contributed by atoms with E-state index in [4.69, 9.17) is 0 Å². The van der Waals surface area contributed by atoms with Crippen LogP contribution >= 0.6 is 0 Å². The molecule has 0 bridgehead atoms. The Balaban J connectivity index is 1.36. The van der Waals surface area contributed by atoms with E-state index in [1.807, 2.05) is 12.1 Å². The summed E-state index contributed by atoms with van der Waals surface area (Å²) in [6.45, 7) is 2.28. The van der Waals surface area contributed by atoms with Gasteiger partial charge in [-0.2, -0.15) is 13.2 Å². The van der Waals surface area contributed by atoms with E-state index in [1.165, 1.54) is 95.5 Å². The molecule has 170 valence electrons. The van der Waals surface area contributed by atoms with E-state index in [9.17, 15) is 13.2 Å². The van der Waals surface area contributed by atoms with Crippen LogP contribution in [0.2, 0.25) is 0 Å². The highest BCUT2D eigenvalue weighted by Gasteiger charge is 2.31. The zero-order valence-electron chi connectivity index (χ0n) is 18.9. The van der Waals surface area contributed by atoms with Gasteiger partial charge in [0.05, 0.1) is 6.42 Å². The molecular formula is C27H41F3. The van der Waals surface area contributed by atoms with E-state index >= 15 is 0 Å². The Bertz CT molecular complexity index is 588. The monoisotopic (exact) mass is 422 g/mol. The van der Waals surface area contributed by atoms with Gasteiger partial charge in [-0.3, -0.25) is 0 Å².